The zero-order chi connectivity index (χ0) is 14.0. The lowest BCUT2D eigenvalue weighted by Crippen LogP contribution is -1.97. The van der Waals surface area contributed by atoms with Crippen LogP contribution in [0.3, 0.4) is 0 Å². The number of nitrogens with zero attached hydrogens (tertiary/aromatic N) is 1. The third-order valence-corrected chi connectivity index (χ3v) is 3.82. The van der Waals surface area contributed by atoms with E-state index in [0.29, 0.717) is 4.90 Å². The summed E-state index contributed by atoms with van der Waals surface area (Å²) in [6.45, 7) is 0. The van der Waals surface area contributed by atoms with Gasteiger partial charge in [0.25, 0.3) is 0 Å². The van der Waals surface area contributed by atoms with Gasteiger partial charge in [0, 0.05) is 11.0 Å². The van der Waals surface area contributed by atoms with Crippen molar-refractivity contribution in [2.75, 3.05) is 0 Å². The summed E-state index contributed by atoms with van der Waals surface area (Å²) in [5.41, 5.74) is -0.260. The van der Waals surface area contributed by atoms with Crippen molar-refractivity contribution in [3.8, 4) is 0 Å². The van der Waals surface area contributed by atoms with Gasteiger partial charge in [0.05, 0.1) is 21.6 Å². The van der Waals surface area contributed by atoms with Crippen molar-refractivity contribution < 1.29 is 23.0 Å². The van der Waals surface area contributed by atoms with Crippen LogP contribution in [0.25, 0.3) is 0 Å². The molecule has 0 saturated heterocycles. The molecule has 1 heterocycles. The Kier molecular flexibility index (Phi) is 3.96. The number of carboxylic acids is 1. The van der Waals surface area contributed by atoms with E-state index in [4.69, 9.17) is 21.2 Å². The van der Waals surface area contributed by atoms with Crippen LogP contribution in [0.1, 0.15) is 16.2 Å². The Hall–Kier alpha value is -1.73. The summed E-state index contributed by atoms with van der Waals surface area (Å²) in [6.07, 6.45) is 0. The van der Waals surface area contributed by atoms with E-state index >= 15 is 0 Å². The number of halogens is 2. The summed E-state index contributed by atoms with van der Waals surface area (Å²) in [7, 11) is -1.53. The number of hydrogen-bond acceptors (Lipinski definition) is 4. The predicted molar refractivity (Wildman–Crippen MR) is 65.0 cm³/mol. The Labute approximate surface area is 114 Å². The van der Waals surface area contributed by atoms with Gasteiger partial charge in [-0.2, -0.15) is 0 Å². The zero-order valence-electron chi connectivity index (χ0n) is 9.30. The molecule has 1 aromatic carbocycles. The highest BCUT2D eigenvalue weighted by Gasteiger charge is 2.14. The van der Waals surface area contributed by atoms with Gasteiger partial charge in [0.15, 0.2) is 5.69 Å². The topological polar surface area (TPSA) is 80.4 Å². The van der Waals surface area contributed by atoms with E-state index in [1.165, 1.54) is 18.2 Å². The highest BCUT2D eigenvalue weighted by atomic mass is 35.5. The van der Waals surface area contributed by atoms with Gasteiger partial charge in [-0.15, -0.1) is 0 Å². The second-order valence-electron chi connectivity index (χ2n) is 3.55. The van der Waals surface area contributed by atoms with Gasteiger partial charge in [-0.25, -0.2) is 9.18 Å². The van der Waals surface area contributed by atoms with Crippen LogP contribution in [0.5, 0.6) is 0 Å². The molecule has 0 aliphatic rings. The van der Waals surface area contributed by atoms with Crippen LogP contribution in [0.2, 0.25) is 5.02 Å². The molecule has 5 nitrogen and oxygen atoms in total. The monoisotopic (exact) mass is 303 g/mol. The normalized spacial score (nSPS) is 12.3. The molecule has 2 aromatic rings. The Morgan fingerprint density at radius 2 is 2.21 bits per heavy atom. The molecule has 1 N–H and O–H groups in total. The first kappa shape index (κ1) is 13.7. The van der Waals surface area contributed by atoms with E-state index in [9.17, 15) is 13.4 Å². The van der Waals surface area contributed by atoms with Gasteiger partial charge in [-0.1, -0.05) is 16.8 Å². The molecule has 1 aromatic heterocycles. The fraction of sp³-hybridized carbons (Fsp3) is 0.0909. The number of benzene rings is 1. The summed E-state index contributed by atoms with van der Waals surface area (Å²) in [5, 5.41) is 11.8. The van der Waals surface area contributed by atoms with Gasteiger partial charge in [0.2, 0.25) is 0 Å². The van der Waals surface area contributed by atoms with Crippen LogP contribution in [0.4, 0.5) is 4.39 Å². The van der Waals surface area contributed by atoms with Gasteiger partial charge >= 0.3 is 5.97 Å². The maximum Gasteiger partial charge on any atom is 0.358 e. The molecule has 0 amide bonds. The Morgan fingerprint density at radius 3 is 2.79 bits per heavy atom. The van der Waals surface area contributed by atoms with Crippen LogP contribution >= 0.6 is 11.6 Å². The number of carboxylic acid groups (broad SMARTS) is 1. The van der Waals surface area contributed by atoms with Gasteiger partial charge in [-0.3, -0.25) is 4.21 Å². The van der Waals surface area contributed by atoms with Crippen molar-refractivity contribution in [1.82, 2.24) is 5.16 Å². The molecule has 1 unspecified atom stereocenters. The first-order valence-electron chi connectivity index (χ1n) is 4.99. The van der Waals surface area contributed by atoms with E-state index in [1.807, 2.05) is 0 Å². The predicted octanol–water partition coefficient (Wildman–Crippen LogP) is 2.47. The summed E-state index contributed by atoms with van der Waals surface area (Å²) in [5.74, 6) is -1.74. The van der Waals surface area contributed by atoms with Crippen molar-refractivity contribution in [3.63, 3.8) is 0 Å². The van der Waals surface area contributed by atoms with E-state index in [-0.39, 0.29) is 22.2 Å². The Balaban J connectivity index is 2.15. The van der Waals surface area contributed by atoms with Gasteiger partial charge in [-0.05, 0) is 18.2 Å². The molecule has 8 heteroatoms. The Morgan fingerprint density at radius 1 is 1.47 bits per heavy atom. The first-order valence-corrected chi connectivity index (χ1v) is 6.69. The second-order valence-corrected chi connectivity index (χ2v) is 5.41. The fourth-order valence-electron chi connectivity index (χ4n) is 1.31. The molecule has 0 aliphatic carbocycles. The number of rotatable bonds is 4. The molecular formula is C11H7ClFNO4S. The zero-order valence-corrected chi connectivity index (χ0v) is 10.9. The number of hydrogen-bond donors (Lipinski definition) is 1. The molecule has 19 heavy (non-hydrogen) atoms. The third-order valence-electron chi connectivity index (χ3n) is 2.21. The first-order chi connectivity index (χ1) is 8.97. The molecule has 0 bridgehead atoms. The average Bonchev–Trinajstić information content (AvgIpc) is 2.81. The molecule has 0 aliphatic heterocycles. The van der Waals surface area contributed by atoms with Crippen molar-refractivity contribution in [2.45, 2.75) is 10.6 Å². The van der Waals surface area contributed by atoms with E-state index in [0.717, 1.165) is 6.07 Å². The molecule has 0 fully saturated rings. The van der Waals surface area contributed by atoms with Crippen molar-refractivity contribution >= 4 is 28.4 Å². The maximum absolute atomic E-state index is 13.0. The molecule has 0 spiro atoms. The van der Waals surface area contributed by atoms with Crippen LogP contribution < -0.4 is 0 Å². The highest BCUT2D eigenvalue weighted by molar-refractivity contribution is 7.84. The highest BCUT2D eigenvalue weighted by Crippen LogP contribution is 2.20. The maximum atomic E-state index is 13.0. The van der Waals surface area contributed by atoms with Crippen LogP contribution in [0.15, 0.2) is 33.7 Å². The summed E-state index contributed by atoms with van der Waals surface area (Å²) in [4.78, 5) is 10.9. The van der Waals surface area contributed by atoms with Crippen LogP contribution in [0, 0.1) is 5.82 Å². The number of aromatic nitrogens is 1. The minimum Gasteiger partial charge on any atom is -0.476 e. The average molecular weight is 304 g/mol. The SMILES string of the molecule is O=C(O)c1cc(CS(=O)c2ccc(F)c(Cl)c2)on1. The molecule has 2 rings (SSSR count). The minimum atomic E-state index is -1.53. The lowest BCUT2D eigenvalue weighted by atomic mass is 10.3. The number of aromatic carboxylic acids is 1. The largest absolute Gasteiger partial charge is 0.476 e. The lowest BCUT2D eigenvalue weighted by Gasteiger charge is -2.01. The second kappa shape index (κ2) is 5.50. The van der Waals surface area contributed by atoms with Gasteiger partial charge in [0.1, 0.15) is 11.6 Å². The Bertz CT molecular complexity index is 658. The van der Waals surface area contributed by atoms with Gasteiger partial charge < -0.3 is 9.63 Å². The van der Waals surface area contributed by atoms with E-state index in [1.54, 1.807) is 0 Å². The number of carbonyl (C=O) groups is 1. The molecule has 1 atom stereocenters. The summed E-state index contributed by atoms with van der Waals surface area (Å²) < 4.78 is 29.6. The van der Waals surface area contributed by atoms with Crippen molar-refractivity contribution in [1.29, 1.82) is 0 Å². The smallest absolute Gasteiger partial charge is 0.358 e. The quantitative estimate of drug-likeness (QED) is 0.938. The van der Waals surface area contributed by atoms with Crippen molar-refractivity contribution in [3.05, 3.63) is 46.6 Å². The minimum absolute atomic E-state index is 0.0672. The molecule has 100 valence electrons. The molecule has 0 radical (unpaired) electrons. The van der Waals surface area contributed by atoms with Crippen LogP contribution in [-0.2, 0) is 16.6 Å². The van der Waals surface area contributed by atoms with E-state index < -0.39 is 22.6 Å². The lowest BCUT2D eigenvalue weighted by molar-refractivity contribution is 0.0685. The fourth-order valence-corrected chi connectivity index (χ4v) is 2.59. The van der Waals surface area contributed by atoms with Crippen molar-refractivity contribution in [2.24, 2.45) is 0 Å². The van der Waals surface area contributed by atoms with Crippen LogP contribution in [-0.4, -0.2) is 20.4 Å². The molecular weight excluding hydrogens is 297 g/mol. The third kappa shape index (κ3) is 3.18. The summed E-state index contributed by atoms with van der Waals surface area (Å²) in [6, 6.07) is 4.89. The molecule has 0 saturated carbocycles. The van der Waals surface area contributed by atoms with E-state index in [2.05, 4.69) is 5.16 Å². The standard InChI is InChI=1S/C11H7ClFNO4S/c12-8-4-7(1-2-9(8)13)19(17)5-6-3-10(11(15)16)14-18-6/h1-4H,5H2,(H,15,16). The summed E-state index contributed by atoms with van der Waals surface area (Å²) >= 11 is 5.58.